The summed E-state index contributed by atoms with van der Waals surface area (Å²) in [5.74, 6) is -1.12. The topological polar surface area (TPSA) is 87.1 Å². The number of nitrogens with zero attached hydrogens (tertiary/aromatic N) is 1. The van der Waals surface area contributed by atoms with E-state index in [1.807, 2.05) is 0 Å². The molecule has 0 spiro atoms. The summed E-state index contributed by atoms with van der Waals surface area (Å²) < 4.78 is 5.19. The molecule has 2 N–H and O–H groups in total. The Morgan fingerprint density at radius 3 is 2.44 bits per heavy atom. The molecular weight excluding hydrogens is 238 g/mol. The third kappa shape index (κ3) is 3.87. The first kappa shape index (κ1) is 14.8. The van der Waals surface area contributed by atoms with Gasteiger partial charge in [-0.05, 0) is 39.5 Å². The molecule has 104 valence electrons. The van der Waals surface area contributed by atoms with Crippen molar-refractivity contribution in [3.05, 3.63) is 0 Å². The number of ether oxygens (including phenoxy) is 1. The van der Waals surface area contributed by atoms with Crippen LogP contribution in [0.1, 0.15) is 33.6 Å². The SMILES string of the molecule is CC(C)(C)OC(=O)N1CC[C@@H](CO)C[C@@H]1C(=O)O. The Hall–Kier alpha value is -1.30. The summed E-state index contributed by atoms with van der Waals surface area (Å²) in [6.45, 7) is 5.46. The number of hydrogen-bond acceptors (Lipinski definition) is 4. The molecule has 1 saturated heterocycles. The van der Waals surface area contributed by atoms with Crippen LogP contribution in [-0.4, -0.2) is 52.0 Å². The fourth-order valence-electron chi connectivity index (χ4n) is 1.98. The number of aliphatic hydroxyl groups is 1. The van der Waals surface area contributed by atoms with E-state index in [1.54, 1.807) is 20.8 Å². The van der Waals surface area contributed by atoms with Crippen LogP contribution in [0, 0.1) is 5.92 Å². The standard InChI is InChI=1S/C12H21NO5/c1-12(2,3)18-11(17)13-5-4-8(7-14)6-9(13)10(15)16/h8-9,14H,4-7H2,1-3H3,(H,15,16)/t8-,9-/m1/s1. The number of hydrogen-bond donors (Lipinski definition) is 2. The second-order valence-corrected chi connectivity index (χ2v) is 5.60. The minimum absolute atomic E-state index is 0.0497. The number of likely N-dealkylation sites (tertiary alicyclic amines) is 1. The van der Waals surface area contributed by atoms with Gasteiger partial charge >= 0.3 is 12.1 Å². The van der Waals surface area contributed by atoms with Crippen LogP contribution < -0.4 is 0 Å². The molecule has 18 heavy (non-hydrogen) atoms. The molecule has 1 amide bonds. The zero-order valence-corrected chi connectivity index (χ0v) is 11.0. The molecular formula is C12H21NO5. The van der Waals surface area contributed by atoms with E-state index in [-0.39, 0.29) is 18.9 Å². The number of carbonyl (C=O) groups is 2. The molecule has 1 aliphatic heterocycles. The molecule has 2 atom stereocenters. The molecule has 0 bridgehead atoms. The number of piperidine rings is 1. The number of carboxylic acids is 1. The molecule has 0 unspecified atom stereocenters. The highest BCUT2D eigenvalue weighted by Crippen LogP contribution is 2.24. The zero-order valence-electron chi connectivity index (χ0n) is 11.0. The molecule has 0 saturated carbocycles. The lowest BCUT2D eigenvalue weighted by Crippen LogP contribution is -2.52. The van der Waals surface area contributed by atoms with Crippen LogP contribution in [0.2, 0.25) is 0 Å². The van der Waals surface area contributed by atoms with E-state index in [9.17, 15) is 9.59 Å². The van der Waals surface area contributed by atoms with Gasteiger partial charge in [0.1, 0.15) is 11.6 Å². The Morgan fingerprint density at radius 1 is 1.39 bits per heavy atom. The minimum atomic E-state index is -1.06. The van der Waals surface area contributed by atoms with E-state index in [4.69, 9.17) is 14.9 Å². The van der Waals surface area contributed by atoms with Crippen molar-refractivity contribution in [3.63, 3.8) is 0 Å². The van der Waals surface area contributed by atoms with Gasteiger partial charge in [-0.25, -0.2) is 9.59 Å². The number of aliphatic carboxylic acids is 1. The Kier molecular flexibility index (Phi) is 4.56. The molecule has 0 aliphatic carbocycles. The fraction of sp³-hybridized carbons (Fsp3) is 0.833. The number of carbonyl (C=O) groups excluding carboxylic acids is 1. The highest BCUT2D eigenvalue weighted by atomic mass is 16.6. The quantitative estimate of drug-likeness (QED) is 0.774. The molecule has 1 aliphatic rings. The zero-order chi connectivity index (χ0) is 13.9. The lowest BCUT2D eigenvalue weighted by atomic mass is 9.92. The summed E-state index contributed by atoms with van der Waals surface area (Å²) in [5.41, 5.74) is -0.645. The summed E-state index contributed by atoms with van der Waals surface area (Å²) in [5, 5.41) is 18.2. The van der Waals surface area contributed by atoms with Crippen molar-refractivity contribution in [2.75, 3.05) is 13.2 Å². The van der Waals surface area contributed by atoms with E-state index in [0.717, 1.165) is 0 Å². The summed E-state index contributed by atoms with van der Waals surface area (Å²) in [4.78, 5) is 24.3. The van der Waals surface area contributed by atoms with Crippen molar-refractivity contribution in [2.24, 2.45) is 5.92 Å². The molecule has 6 nitrogen and oxygen atoms in total. The van der Waals surface area contributed by atoms with Gasteiger partial charge in [-0.1, -0.05) is 0 Å². The first-order valence-electron chi connectivity index (χ1n) is 6.08. The summed E-state index contributed by atoms with van der Waals surface area (Å²) in [6, 6.07) is -0.911. The maximum absolute atomic E-state index is 11.9. The molecule has 6 heteroatoms. The van der Waals surface area contributed by atoms with Crippen LogP contribution in [0.5, 0.6) is 0 Å². The number of aliphatic hydroxyl groups excluding tert-OH is 1. The lowest BCUT2D eigenvalue weighted by Gasteiger charge is -2.37. The summed E-state index contributed by atoms with van der Waals surface area (Å²) >= 11 is 0. The van der Waals surface area contributed by atoms with Crippen molar-refractivity contribution in [2.45, 2.75) is 45.3 Å². The van der Waals surface area contributed by atoms with Crippen LogP contribution in [-0.2, 0) is 9.53 Å². The summed E-state index contributed by atoms with van der Waals surface area (Å²) in [6.07, 6.45) is 0.260. The highest BCUT2D eigenvalue weighted by molar-refractivity contribution is 5.80. The third-order valence-corrected chi connectivity index (χ3v) is 2.88. The molecule has 0 aromatic rings. The van der Waals surface area contributed by atoms with Gasteiger partial charge in [0.2, 0.25) is 0 Å². The molecule has 0 aromatic carbocycles. The van der Waals surface area contributed by atoms with E-state index in [0.29, 0.717) is 13.0 Å². The molecule has 0 radical (unpaired) electrons. The van der Waals surface area contributed by atoms with E-state index in [2.05, 4.69) is 0 Å². The van der Waals surface area contributed by atoms with Crippen molar-refractivity contribution in [1.29, 1.82) is 0 Å². The number of rotatable bonds is 2. The fourth-order valence-corrected chi connectivity index (χ4v) is 1.98. The monoisotopic (exact) mass is 259 g/mol. The van der Waals surface area contributed by atoms with E-state index in [1.165, 1.54) is 4.90 Å². The average Bonchev–Trinajstić information content (AvgIpc) is 2.25. The first-order chi connectivity index (χ1) is 8.24. The predicted molar refractivity (Wildman–Crippen MR) is 64.2 cm³/mol. The van der Waals surface area contributed by atoms with Crippen LogP contribution in [0.25, 0.3) is 0 Å². The van der Waals surface area contributed by atoms with Gasteiger partial charge in [0.05, 0.1) is 0 Å². The Balaban J connectivity index is 2.74. The summed E-state index contributed by atoms with van der Waals surface area (Å²) in [7, 11) is 0. The smallest absolute Gasteiger partial charge is 0.411 e. The minimum Gasteiger partial charge on any atom is -0.480 e. The third-order valence-electron chi connectivity index (χ3n) is 2.88. The van der Waals surface area contributed by atoms with Gasteiger partial charge in [0.15, 0.2) is 0 Å². The van der Waals surface area contributed by atoms with Crippen LogP contribution in [0.4, 0.5) is 4.79 Å². The number of amides is 1. The largest absolute Gasteiger partial charge is 0.480 e. The van der Waals surface area contributed by atoms with E-state index >= 15 is 0 Å². The van der Waals surface area contributed by atoms with Gasteiger partial charge in [0, 0.05) is 13.2 Å². The Bertz CT molecular complexity index is 323. The maximum atomic E-state index is 11.9. The highest BCUT2D eigenvalue weighted by Gasteiger charge is 2.37. The molecule has 0 aromatic heterocycles. The Morgan fingerprint density at radius 2 is 2.00 bits per heavy atom. The second kappa shape index (κ2) is 5.56. The van der Waals surface area contributed by atoms with Crippen LogP contribution in [0.15, 0.2) is 0 Å². The van der Waals surface area contributed by atoms with Crippen molar-refractivity contribution in [1.82, 2.24) is 4.90 Å². The first-order valence-corrected chi connectivity index (χ1v) is 6.08. The average molecular weight is 259 g/mol. The molecule has 1 heterocycles. The van der Waals surface area contributed by atoms with Gasteiger partial charge in [-0.15, -0.1) is 0 Å². The Labute approximate surface area is 107 Å². The second-order valence-electron chi connectivity index (χ2n) is 5.60. The van der Waals surface area contributed by atoms with E-state index < -0.39 is 23.7 Å². The lowest BCUT2D eigenvalue weighted by molar-refractivity contribution is -0.145. The van der Waals surface area contributed by atoms with Gasteiger partial charge in [-0.2, -0.15) is 0 Å². The maximum Gasteiger partial charge on any atom is 0.411 e. The van der Waals surface area contributed by atoms with Crippen molar-refractivity contribution in [3.8, 4) is 0 Å². The molecule has 1 rings (SSSR count). The normalized spacial score (nSPS) is 24.8. The number of carboxylic acid groups (broad SMARTS) is 1. The van der Waals surface area contributed by atoms with Crippen LogP contribution >= 0.6 is 0 Å². The van der Waals surface area contributed by atoms with Crippen molar-refractivity contribution >= 4 is 12.1 Å². The molecule has 1 fully saturated rings. The predicted octanol–water partition coefficient (Wildman–Crippen LogP) is 1.08. The van der Waals surface area contributed by atoms with Gasteiger partial charge in [-0.3, -0.25) is 4.90 Å². The van der Waals surface area contributed by atoms with Crippen molar-refractivity contribution < 1.29 is 24.5 Å². The van der Waals surface area contributed by atoms with Gasteiger partial charge < -0.3 is 14.9 Å². The van der Waals surface area contributed by atoms with Gasteiger partial charge in [0.25, 0.3) is 0 Å². The van der Waals surface area contributed by atoms with Crippen LogP contribution in [0.3, 0.4) is 0 Å².